The average Bonchev–Trinajstić information content (AvgIpc) is 2.65. The molecule has 1 aromatic heterocycles. The Morgan fingerprint density at radius 3 is 2.93 bits per heavy atom. The van der Waals surface area contributed by atoms with Crippen molar-refractivity contribution in [2.45, 2.75) is 4.34 Å². The van der Waals surface area contributed by atoms with Crippen LogP contribution in [0.25, 0.3) is 0 Å². The standard InChI is InChI=1S/C9H8BrN3S2/c1-14-9-13-12-8(15-9)11-7-4-2-3-6(10)5-7/h2-5H,1H3,(H,11,12). The van der Waals surface area contributed by atoms with Crippen LogP contribution in [-0.2, 0) is 0 Å². The largest absolute Gasteiger partial charge is 0.330 e. The van der Waals surface area contributed by atoms with E-state index in [1.54, 1.807) is 23.1 Å². The van der Waals surface area contributed by atoms with Gasteiger partial charge in [0.2, 0.25) is 5.13 Å². The molecular weight excluding hydrogens is 294 g/mol. The molecule has 78 valence electrons. The van der Waals surface area contributed by atoms with Crippen LogP contribution < -0.4 is 5.32 Å². The first kappa shape index (κ1) is 10.9. The molecular formula is C9H8BrN3S2. The fourth-order valence-corrected chi connectivity index (χ4v) is 2.62. The van der Waals surface area contributed by atoms with Gasteiger partial charge in [-0.1, -0.05) is 45.1 Å². The molecule has 0 saturated carbocycles. The Bertz CT molecular complexity index is 458. The molecule has 0 unspecified atom stereocenters. The highest BCUT2D eigenvalue weighted by molar-refractivity contribution is 9.10. The maximum Gasteiger partial charge on any atom is 0.210 e. The third kappa shape index (κ3) is 2.93. The molecule has 0 aliphatic heterocycles. The van der Waals surface area contributed by atoms with Crippen molar-refractivity contribution in [1.29, 1.82) is 0 Å². The Morgan fingerprint density at radius 2 is 2.27 bits per heavy atom. The zero-order valence-electron chi connectivity index (χ0n) is 7.90. The van der Waals surface area contributed by atoms with E-state index >= 15 is 0 Å². The molecule has 0 atom stereocenters. The average molecular weight is 302 g/mol. The van der Waals surface area contributed by atoms with Crippen LogP contribution in [0.4, 0.5) is 10.8 Å². The molecule has 0 radical (unpaired) electrons. The van der Waals surface area contributed by atoms with E-state index in [9.17, 15) is 0 Å². The van der Waals surface area contributed by atoms with E-state index in [0.717, 1.165) is 19.6 Å². The van der Waals surface area contributed by atoms with Gasteiger partial charge in [-0.2, -0.15) is 0 Å². The molecule has 6 heteroatoms. The van der Waals surface area contributed by atoms with Crippen molar-refractivity contribution in [1.82, 2.24) is 10.2 Å². The molecule has 2 aromatic rings. The molecule has 0 saturated heterocycles. The Labute approximate surface area is 104 Å². The summed E-state index contributed by atoms with van der Waals surface area (Å²) in [6.45, 7) is 0. The third-order valence-corrected chi connectivity index (χ3v) is 3.96. The highest BCUT2D eigenvalue weighted by Gasteiger charge is 2.02. The second-order valence-corrected chi connectivity index (χ2v) is 5.66. The maximum absolute atomic E-state index is 4.03. The Hall–Kier alpha value is -0.590. The van der Waals surface area contributed by atoms with Gasteiger partial charge in [-0.25, -0.2) is 0 Å². The van der Waals surface area contributed by atoms with Crippen LogP contribution in [-0.4, -0.2) is 16.5 Å². The normalized spacial score (nSPS) is 10.3. The number of halogens is 1. The zero-order valence-corrected chi connectivity index (χ0v) is 11.1. The number of anilines is 2. The summed E-state index contributed by atoms with van der Waals surface area (Å²) in [5, 5.41) is 12.1. The smallest absolute Gasteiger partial charge is 0.210 e. The minimum atomic E-state index is 0.817. The topological polar surface area (TPSA) is 37.8 Å². The van der Waals surface area contributed by atoms with Gasteiger partial charge in [-0.15, -0.1) is 10.2 Å². The number of hydrogen-bond donors (Lipinski definition) is 1. The summed E-state index contributed by atoms with van der Waals surface area (Å²) < 4.78 is 2.01. The molecule has 1 aromatic carbocycles. The summed E-state index contributed by atoms with van der Waals surface area (Å²) in [5.74, 6) is 0. The Balaban J connectivity index is 2.14. The minimum Gasteiger partial charge on any atom is -0.330 e. The predicted molar refractivity (Wildman–Crippen MR) is 69.1 cm³/mol. The molecule has 1 N–H and O–H groups in total. The first-order chi connectivity index (χ1) is 7.28. The van der Waals surface area contributed by atoms with Gasteiger partial charge in [0, 0.05) is 10.2 Å². The Kier molecular flexibility index (Phi) is 3.61. The van der Waals surface area contributed by atoms with Crippen LogP contribution >= 0.6 is 39.0 Å². The van der Waals surface area contributed by atoms with Crippen molar-refractivity contribution in [3.8, 4) is 0 Å². The van der Waals surface area contributed by atoms with Gasteiger partial charge < -0.3 is 5.32 Å². The lowest BCUT2D eigenvalue weighted by Gasteiger charge is -2.01. The lowest BCUT2D eigenvalue weighted by atomic mass is 10.3. The first-order valence-corrected chi connectivity index (χ1v) is 7.01. The van der Waals surface area contributed by atoms with E-state index in [2.05, 4.69) is 31.4 Å². The van der Waals surface area contributed by atoms with Gasteiger partial charge in [0.25, 0.3) is 0 Å². The summed E-state index contributed by atoms with van der Waals surface area (Å²) in [6, 6.07) is 7.95. The van der Waals surface area contributed by atoms with Crippen LogP contribution in [0.15, 0.2) is 33.1 Å². The van der Waals surface area contributed by atoms with E-state index in [1.807, 2.05) is 30.5 Å². The Morgan fingerprint density at radius 1 is 1.40 bits per heavy atom. The molecule has 3 nitrogen and oxygen atoms in total. The molecule has 2 rings (SSSR count). The SMILES string of the molecule is CSc1nnc(Nc2cccc(Br)c2)s1. The van der Waals surface area contributed by atoms with E-state index in [4.69, 9.17) is 0 Å². The third-order valence-electron chi connectivity index (χ3n) is 1.66. The lowest BCUT2D eigenvalue weighted by molar-refractivity contribution is 1.02. The molecule has 0 bridgehead atoms. The van der Waals surface area contributed by atoms with Crippen LogP contribution in [0.1, 0.15) is 0 Å². The first-order valence-electron chi connectivity index (χ1n) is 4.18. The molecule has 0 amide bonds. The molecule has 0 fully saturated rings. The predicted octanol–water partition coefficient (Wildman–Crippen LogP) is 3.77. The van der Waals surface area contributed by atoms with Crippen LogP contribution in [0.5, 0.6) is 0 Å². The van der Waals surface area contributed by atoms with Gasteiger partial charge in [-0.3, -0.25) is 0 Å². The fraction of sp³-hybridized carbons (Fsp3) is 0.111. The van der Waals surface area contributed by atoms with E-state index in [0.29, 0.717) is 0 Å². The van der Waals surface area contributed by atoms with Crippen LogP contribution in [0, 0.1) is 0 Å². The number of nitrogens with one attached hydrogen (secondary N) is 1. The van der Waals surface area contributed by atoms with Crippen LogP contribution in [0.2, 0.25) is 0 Å². The lowest BCUT2D eigenvalue weighted by Crippen LogP contribution is -1.88. The van der Waals surface area contributed by atoms with Gasteiger partial charge >= 0.3 is 0 Å². The van der Waals surface area contributed by atoms with E-state index < -0.39 is 0 Å². The molecule has 0 spiro atoms. The van der Waals surface area contributed by atoms with E-state index in [-0.39, 0.29) is 0 Å². The number of benzene rings is 1. The quantitative estimate of drug-likeness (QED) is 0.876. The second kappa shape index (κ2) is 4.96. The van der Waals surface area contributed by atoms with Gasteiger partial charge in [0.1, 0.15) is 0 Å². The van der Waals surface area contributed by atoms with Gasteiger partial charge in [0.05, 0.1) is 0 Å². The highest BCUT2D eigenvalue weighted by atomic mass is 79.9. The van der Waals surface area contributed by atoms with Crippen molar-refractivity contribution in [2.24, 2.45) is 0 Å². The second-order valence-electron chi connectivity index (χ2n) is 2.71. The number of aromatic nitrogens is 2. The van der Waals surface area contributed by atoms with Crippen LogP contribution in [0.3, 0.4) is 0 Å². The highest BCUT2D eigenvalue weighted by Crippen LogP contribution is 2.26. The number of thioether (sulfide) groups is 1. The van der Waals surface area contributed by atoms with Crippen molar-refractivity contribution in [2.75, 3.05) is 11.6 Å². The summed E-state index contributed by atoms with van der Waals surface area (Å²) in [6.07, 6.45) is 1.99. The van der Waals surface area contributed by atoms with Crippen molar-refractivity contribution in [3.05, 3.63) is 28.7 Å². The van der Waals surface area contributed by atoms with Gasteiger partial charge in [-0.05, 0) is 24.5 Å². The minimum absolute atomic E-state index is 0.817. The molecule has 0 aliphatic rings. The number of hydrogen-bond acceptors (Lipinski definition) is 5. The summed E-state index contributed by atoms with van der Waals surface area (Å²) in [5.41, 5.74) is 1.01. The van der Waals surface area contributed by atoms with Crippen molar-refractivity contribution >= 4 is 49.8 Å². The summed E-state index contributed by atoms with van der Waals surface area (Å²) in [4.78, 5) is 0. The maximum atomic E-state index is 4.03. The summed E-state index contributed by atoms with van der Waals surface area (Å²) in [7, 11) is 0. The molecule has 0 aliphatic carbocycles. The molecule has 15 heavy (non-hydrogen) atoms. The molecule has 1 heterocycles. The van der Waals surface area contributed by atoms with Gasteiger partial charge in [0.15, 0.2) is 4.34 Å². The monoisotopic (exact) mass is 301 g/mol. The fourth-order valence-electron chi connectivity index (χ4n) is 1.03. The number of nitrogens with zero attached hydrogens (tertiary/aromatic N) is 2. The number of rotatable bonds is 3. The zero-order chi connectivity index (χ0) is 10.7. The van der Waals surface area contributed by atoms with E-state index in [1.165, 1.54) is 0 Å². The van der Waals surface area contributed by atoms with Crippen molar-refractivity contribution in [3.63, 3.8) is 0 Å². The summed E-state index contributed by atoms with van der Waals surface area (Å²) >= 11 is 6.56. The van der Waals surface area contributed by atoms with Crippen molar-refractivity contribution < 1.29 is 0 Å².